The van der Waals surface area contributed by atoms with Gasteiger partial charge in [-0.2, -0.15) is 5.26 Å². The molecule has 0 unspecified atom stereocenters. The van der Waals surface area contributed by atoms with Crippen molar-refractivity contribution in [1.29, 1.82) is 5.26 Å². The van der Waals surface area contributed by atoms with Crippen LogP contribution in [0.5, 0.6) is 0 Å². The van der Waals surface area contributed by atoms with Crippen LogP contribution in [0.2, 0.25) is 0 Å². The van der Waals surface area contributed by atoms with Gasteiger partial charge in [-0.3, -0.25) is 4.98 Å². The minimum Gasteiger partial charge on any atom is -0.384 e. The topological polar surface area (TPSA) is 88.5 Å². The third kappa shape index (κ3) is 3.38. The van der Waals surface area contributed by atoms with E-state index in [0.717, 1.165) is 22.3 Å². The summed E-state index contributed by atoms with van der Waals surface area (Å²) in [5.41, 5.74) is 6.96. The number of fused-ring (bicyclic) bond motifs is 1. The smallest absolute Gasteiger partial charge is 0.190 e. The van der Waals surface area contributed by atoms with Crippen molar-refractivity contribution in [2.45, 2.75) is 11.6 Å². The Kier molecular flexibility index (Phi) is 4.57. The molecule has 0 aliphatic carbocycles. The normalized spacial score (nSPS) is 10.7. The quantitative estimate of drug-likeness (QED) is 0.539. The highest BCUT2D eigenvalue weighted by molar-refractivity contribution is 9.10. The molecule has 0 radical (unpaired) electrons. The number of aryl methyl sites for hydroxylation is 1. The van der Waals surface area contributed by atoms with Crippen molar-refractivity contribution in [2.24, 2.45) is 0 Å². The molecular formula is C14H10BrN5S2. The minimum absolute atomic E-state index is 0.289. The van der Waals surface area contributed by atoms with E-state index in [4.69, 9.17) is 11.0 Å². The fraction of sp³-hybridized carbons (Fsp3) is 0.143. The molecule has 0 saturated heterocycles. The zero-order chi connectivity index (χ0) is 15.5. The lowest BCUT2D eigenvalue weighted by Gasteiger charge is -2.02. The first-order valence-corrected chi connectivity index (χ1v) is 9.00. The number of hydrogen-bond donors (Lipinski definition) is 1. The SMILES string of the molecule is N#Cc1cc(N)nc(SCCc2cc3c(Br)csc3cn2)n1. The third-order valence-electron chi connectivity index (χ3n) is 2.90. The van der Waals surface area contributed by atoms with E-state index in [2.05, 4.69) is 42.3 Å². The summed E-state index contributed by atoms with van der Waals surface area (Å²) in [6.45, 7) is 0. The molecule has 0 aliphatic rings. The second-order valence-electron chi connectivity index (χ2n) is 4.43. The van der Waals surface area contributed by atoms with E-state index in [9.17, 15) is 0 Å². The van der Waals surface area contributed by atoms with Crippen LogP contribution in [0.4, 0.5) is 5.82 Å². The van der Waals surface area contributed by atoms with Gasteiger partial charge >= 0.3 is 0 Å². The van der Waals surface area contributed by atoms with E-state index in [1.165, 1.54) is 27.9 Å². The van der Waals surface area contributed by atoms with Crippen molar-refractivity contribution in [3.8, 4) is 6.07 Å². The standard InChI is InChI=1S/C14H10BrN5S2/c15-11-7-22-12-6-18-8(3-10(11)12)1-2-21-14-19-9(5-16)4-13(17)20-14/h3-4,6-7H,1-2H2,(H2,17,19,20). The molecule has 0 aromatic carbocycles. The molecule has 0 aliphatic heterocycles. The highest BCUT2D eigenvalue weighted by Crippen LogP contribution is 2.30. The average molecular weight is 392 g/mol. The first kappa shape index (κ1) is 15.2. The van der Waals surface area contributed by atoms with Gasteiger partial charge in [-0.1, -0.05) is 11.8 Å². The first-order chi connectivity index (χ1) is 10.7. The maximum absolute atomic E-state index is 8.88. The molecule has 3 heterocycles. The van der Waals surface area contributed by atoms with E-state index < -0.39 is 0 Å². The lowest BCUT2D eigenvalue weighted by Crippen LogP contribution is -1.99. The van der Waals surface area contributed by atoms with Crippen molar-refractivity contribution >= 4 is 54.9 Å². The zero-order valence-corrected chi connectivity index (χ0v) is 14.5. The van der Waals surface area contributed by atoms with Crippen LogP contribution in [-0.4, -0.2) is 20.7 Å². The second-order valence-corrected chi connectivity index (χ2v) is 7.25. The molecule has 3 aromatic heterocycles. The Balaban J connectivity index is 1.68. The number of nitrogens with zero attached hydrogens (tertiary/aromatic N) is 4. The van der Waals surface area contributed by atoms with Crippen molar-refractivity contribution in [1.82, 2.24) is 15.0 Å². The van der Waals surface area contributed by atoms with Crippen LogP contribution in [0.3, 0.4) is 0 Å². The molecule has 0 fully saturated rings. The van der Waals surface area contributed by atoms with Gasteiger partial charge in [-0.25, -0.2) is 9.97 Å². The van der Waals surface area contributed by atoms with Gasteiger partial charge in [0.15, 0.2) is 5.16 Å². The number of rotatable bonds is 4. The van der Waals surface area contributed by atoms with E-state index >= 15 is 0 Å². The Bertz CT molecular complexity index is 871. The van der Waals surface area contributed by atoms with Crippen molar-refractivity contribution in [3.63, 3.8) is 0 Å². The van der Waals surface area contributed by atoms with Crippen LogP contribution in [-0.2, 0) is 6.42 Å². The summed E-state index contributed by atoms with van der Waals surface area (Å²) in [6, 6.07) is 5.54. The molecule has 0 atom stereocenters. The Labute approximate surface area is 143 Å². The highest BCUT2D eigenvalue weighted by Gasteiger charge is 2.06. The highest BCUT2D eigenvalue weighted by atomic mass is 79.9. The number of halogens is 1. The maximum atomic E-state index is 8.88. The molecule has 22 heavy (non-hydrogen) atoms. The Morgan fingerprint density at radius 3 is 3.05 bits per heavy atom. The molecule has 5 nitrogen and oxygen atoms in total. The molecule has 3 aromatic rings. The van der Waals surface area contributed by atoms with Crippen molar-refractivity contribution in [3.05, 3.63) is 39.6 Å². The summed E-state index contributed by atoms with van der Waals surface area (Å²) < 4.78 is 2.27. The van der Waals surface area contributed by atoms with Crippen LogP contribution in [0.25, 0.3) is 10.1 Å². The number of anilines is 1. The third-order valence-corrected chi connectivity index (χ3v) is 5.64. The first-order valence-electron chi connectivity index (χ1n) is 6.35. The Hall–Kier alpha value is -1.69. The van der Waals surface area contributed by atoms with Gasteiger partial charge in [0, 0.05) is 38.9 Å². The number of hydrogen-bond acceptors (Lipinski definition) is 7. The average Bonchev–Trinajstić information content (AvgIpc) is 2.88. The fourth-order valence-electron chi connectivity index (χ4n) is 1.89. The number of nitrogen functional groups attached to an aromatic ring is 1. The number of aromatic nitrogens is 3. The molecule has 0 amide bonds. The molecule has 0 bridgehead atoms. The summed E-state index contributed by atoms with van der Waals surface area (Å²) in [6.07, 6.45) is 2.69. The number of nitriles is 1. The molecule has 2 N–H and O–H groups in total. The molecule has 0 spiro atoms. The van der Waals surface area contributed by atoms with Gasteiger partial charge in [-0.15, -0.1) is 11.3 Å². The van der Waals surface area contributed by atoms with Crippen molar-refractivity contribution in [2.75, 3.05) is 11.5 Å². The van der Waals surface area contributed by atoms with E-state index in [1.54, 1.807) is 11.3 Å². The maximum Gasteiger partial charge on any atom is 0.190 e. The van der Waals surface area contributed by atoms with E-state index in [0.29, 0.717) is 11.0 Å². The number of thiophene rings is 1. The van der Waals surface area contributed by atoms with Crippen LogP contribution in [0, 0.1) is 11.3 Å². The Morgan fingerprint density at radius 2 is 2.23 bits per heavy atom. The van der Waals surface area contributed by atoms with Gasteiger partial charge < -0.3 is 5.73 Å². The molecule has 110 valence electrons. The van der Waals surface area contributed by atoms with Crippen LogP contribution < -0.4 is 5.73 Å². The van der Waals surface area contributed by atoms with Crippen molar-refractivity contribution < 1.29 is 0 Å². The summed E-state index contributed by atoms with van der Waals surface area (Å²) in [5.74, 6) is 1.09. The Morgan fingerprint density at radius 1 is 1.36 bits per heavy atom. The van der Waals surface area contributed by atoms with Gasteiger partial charge in [0.1, 0.15) is 17.6 Å². The minimum atomic E-state index is 0.289. The van der Waals surface area contributed by atoms with Gasteiger partial charge in [0.2, 0.25) is 0 Å². The molecule has 0 saturated carbocycles. The fourth-order valence-corrected chi connectivity index (χ4v) is 4.23. The van der Waals surface area contributed by atoms with Crippen LogP contribution >= 0.6 is 39.0 Å². The van der Waals surface area contributed by atoms with Crippen LogP contribution in [0.15, 0.2) is 33.3 Å². The molecular weight excluding hydrogens is 382 g/mol. The van der Waals surface area contributed by atoms with E-state index in [1.807, 2.05) is 12.3 Å². The predicted molar refractivity (Wildman–Crippen MR) is 92.9 cm³/mol. The monoisotopic (exact) mass is 391 g/mol. The predicted octanol–water partition coefficient (Wildman–Crippen LogP) is 3.64. The molecule has 8 heteroatoms. The zero-order valence-electron chi connectivity index (χ0n) is 11.3. The summed E-state index contributed by atoms with van der Waals surface area (Å²) in [7, 11) is 0. The van der Waals surface area contributed by atoms with Gasteiger partial charge in [0.25, 0.3) is 0 Å². The largest absolute Gasteiger partial charge is 0.384 e. The van der Waals surface area contributed by atoms with Gasteiger partial charge in [0.05, 0.1) is 4.70 Å². The number of nitrogens with two attached hydrogens (primary N) is 1. The summed E-state index contributed by atoms with van der Waals surface area (Å²) >= 11 is 6.68. The van der Waals surface area contributed by atoms with Crippen LogP contribution in [0.1, 0.15) is 11.4 Å². The lowest BCUT2D eigenvalue weighted by atomic mass is 10.2. The summed E-state index contributed by atoms with van der Waals surface area (Å²) in [4.78, 5) is 12.7. The number of pyridine rings is 1. The molecule has 3 rings (SSSR count). The van der Waals surface area contributed by atoms with E-state index in [-0.39, 0.29) is 5.69 Å². The number of thioether (sulfide) groups is 1. The van der Waals surface area contributed by atoms with Gasteiger partial charge in [-0.05, 0) is 28.4 Å². The second kappa shape index (κ2) is 6.60. The lowest BCUT2D eigenvalue weighted by molar-refractivity contribution is 0.955. The summed E-state index contributed by atoms with van der Waals surface area (Å²) in [5, 5.41) is 12.7.